The van der Waals surface area contributed by atoms with Gasteiger partial charge in [-0.15, -0.1) is 6.58 Å². The number of methoxy groups -OCH3 is 2. The number of carbonyl (C=O) groups is 4. The van der Waals surface area contributed by atoms with Gasteiger partial charge in [-0.1, -0.05) is 44.2 Å². The van der Waals surface area contributed by atoms with Gasteiger partial charge < -0.3 is 35.7 Å². The molecule has 0 saturated carbocycles. The van der Waals surface area contributed by atoms with Crippen molar-refractivity contribution in [2.45, 2.75) is 65.0 Å². The van der Waals surface area contributed by atoms with Crippen molar-refractivity contribution in [1.82, 2.24) is 10.6 Å². The van der Waals surface area contributed by atoms with Crippen molar-refractivity contribution in [1.29, 1.82) is 0 Å². The Morgan fingerprint density at radius 1 is 1.21 bits per heavy atom. The van der Waals surface area contributed by atoms with Gasteiger partial charge >= 0.3 is 6.09 Å². The summed E-state index contributed by atoms with van der Waals surface area (Å²) in [4.78, 5) is 51.3. The molecule has 6 atom stereocenters. The number of nitrogens with two attached hydrogens (primary N) is 1. The van der Waals surface area contributed by atoms with Crippen molar-refractivity contribution < 1.29 is 38.5 Å². The van der Waals surface area contributed by atoms with Crippen molar-refractivity contribution >= 4 is 23.6 Å². The fourth-order valence-corrected chi connectivity index (χ4v) is 4.95. The van der Waals surface area contributed by atoms with Crippen molar-refractivity contribution in [2.24, 2.45) is 17.6 Å². The molecule has 5 N–H and O–H groups in total. The molecule has 1 aliphatic carbocycles. The summed E-state index contributed by atoms with van der Waals surface area (Å²) in [6, 6.07) is 0. The van der Waals surface area contributed by atoms with Crippen molar-refractivity contribution in [3.05, 3.63) is 71.1 Å². The van der Waals surface area contributed by atoms with Crippen LogP contribution in [-0.2, 0) is 28.6 Å². The quantitative estimate of drug-likeness (QED) is 0.271. The molecule has 0 unspecified atom stereocenters. The first-order valence-corrected chi connectivity index (χ1v) is 13.8. The molecule has 1 aliphatic heterocycles. The third-order valence-corrected chi connectivity index (χ3v) is 7.22. The van der Waals surface area contributed by atoms with Crippen LogP contribution in [0.3, 0.4) is 0 Å². The van der Waals surface area contributed by atoms with E-state index >= 15 is 0 Å². The highest BCUT2D eigenvalue weighted by Gasteiger charge is 2.33. The van der Waals surface area contributed by atoms with Crippen LogP contribution in [0.2, 0.25) is 0 Å². The van der Waals surface area contributed by atoms with E-state index in [0.717, 1.165) is 6.08 Å². The van der Waals surface area contributed by atoms with Gasteiger partial charge in [0.05, 0.1) is 23.6 Å². The van der Waals surface area contributed by atoms with Gasteiger partial charge in [0.2, 0.25) is 11.6 Å². The van der Waals surface area contributed by atoms with Gasteiger partial charge in [0, 0.05) is 43.9 Å². The van der Waals surface area contributed by atoms with Crippen molar-refractivity contribution in [3.8, 4) is 0 Å². The first-order chi connectivity index (χ1) is 19.8. The maximum absolute atomic E-state index is 13.5. The Morgan fingerprint density at radius 2 is 1.90 bits per heavy atom. The molecule has 11 heteroatoms. The lowest BCUT2D eigenvalue weighted by Gasteiger charge is -2.30. The number of carbonyl (C=O) groups excluding carboxylic acids is 4. The fraction of sp³-hybridized carbons (Fsp3) is 0.484. The Kier molecular flexibility index (Phi) is 13.1. The van der Waals surface area contributed by atoms with Crippen molar-refractivity contribution in [3.63, 3.8) is 0 Å². The Morgan fingerprint density at radius 3 is 2.50 bits per heavy atom. The summed E-state index contributed by atoms with van der Waals surface area (Å²) in [6.07, 6.45) is 5.34. The van der Waals surface area contributed by atoms with Crippen LogP contribution in [0.15, 0.2) is 71.1 Å². The second kappa shape index (κ2) is 16.0. The lowest BCUT2D eigenvalue weighted by Crippen LogP contribution is -2.37. The second-order valence-corrected chi connectivity index (χ2v) is 10.6. The molecule has 0 fully saturated rings. The third kappa shape index (κ3) is 9.10. The Labute approximate surface area is 247 Å². The summed E-state index contributed by atoms with van der Waals surface area (Å²) < 4.78 is 16.6. The zero-order chi connectivity index (χ0) is 31.6. The van der Waals surface area contributed by atoms with Crippen LogP contribution in [0.5, 0.6) is 0 Å². The number of aliphatic hydroxyl groups is 1. The highest BCUT2D eigenvalue weighted by Crippen LogP contribution is 2.28. The topological polar surface area (TPSA) is 166 Å². The molecule has 42 heavy (non-hydrogen) atoms. The first kappa shape index (κ1) is 34.4. The van der Waals surface area contributed by atoms with E-state index in [1.54, 1.807) is 45.1 Å². The van der Waals surface area contributed by atoms with Gasteiger partial charge in [0.15, 0.2) is 6.10 Å². The van der Waals surface area contributed by atoms with Crippen LogP contribution in [0, 0.1) is 11.8 Å². The minimum Gasteiger partial charge on any atom is -0.439 e. The zero-order valence-corrected chi connectivity index (χ0v) is 25.1. The first-order valence-electron chi connectivity index (χ1n) is 13.8. The number of fused-ring (bicyclic) bond motifs is 2. The molecule has 0 aromatic rings. The number of nitrogens with one attached hydrogen (secondary N) is 2. The van der Waals surface area contributed by atoms with Crippen molar-refractivity contribution in [2.75, 3.05) is 20.8 Å². The lowest BCUT2D eigenvalue weighted by atomic mass is 9.85. The smallest absolute Gasteiger partial charge is 0.405 e. The van der Waals surface area contributed by atoms with Crippen LogP contribution in [0.25, 0.3) is 0 Å². The summed E-state index contributed by atoms with van der Waals surface area (Å²) in [6.45, 7) is 10.9. The molecule has 0 aromatic carbocycles. The lowest BCUT2D eigenvalue weighted by molar-refractivity contribution is -0.120. The van der Waals surface area contributed by atoms with Gasteiger partial charge in [-0.3, -0.25) is 14.4 Å². The number of amides is 2. The van der Waals surface area contributed by atoms with E-state index < -0.39 is 53.9 Å². The number of primary amides is 1. The summed E-state index contributed by atoms with van der Waals surface area (Å²) in [5.41, 5.74) is 6.42. The normalized spacial score (nSPS) is 31.6. The highest BCUT2D eigenvalue weighted by molar-refractivity contribution is 6.23. The minimum atomic E-state index is -1.00. The standard InChI is InChI=1S/C31H43N3O8/c1-8-12-33-26-21-13-17(2)14-25(41-7)27(36)19(4)15-20(5)29(42-31(32)39)24(40-6)11-9-10-18(3)30(38)34-22(28(21)37)16-23(26)35/h8-11,15-17,19,24-25,27,29,33,36H,1,12-14H2,2-7H3,(H2,32,39)(H,34,38)/b11-9-,18-10-,20-15-/t17-,19-,24-,25+,27-,29-/m0/s1. The van der Waals surface area contributed by atoms with Crippen LogP contribution in [0.4, 0.5) is 4.79 Å². The van der Waals surface area contributed by atoms with Gasteiger partial charge in [-0.2, -0.15) is 0 Å². The molecule has 230 valence electrons. The Balaban J connectivity index is 2.62. The molecule has 0 aromatic heterocycles. The average molecular weight is 586 g/mol. The van der Waals surface area contributed by atoms with Gasteiger partial charge in [0.1, 0.15) is 6.10 Å². The van der Waals surface area contributed by atoms with E-state index in [4.69, 9.17) is 19.9 Å². The van der Waals surface area contributed by atoms with Gasteiger partial charge in [-0.05, 0) is 38.2 Å². The largest absolute Gasteiger partial charge is 0.439 e. The van der Waals surface area contributed by atoms with E-state index in [9.17, 15) is 24.3 Å². The van der Waals surface area contributed by atoms with E-state index in [0.29, 0.717) is 12.0 Å². The maximum atomic E-state index is 13.5. The van der Waals surface area contributed by atoms with E-state index in [-0.39, 0.29) is 41.4 Å². The maximum Gasteiger partial charge on any atom is 0.405 e. The second-order valence-electron chi connectivity index (χ2n) is 10.6. The molecule has 0 radical (unpaired) electrons. The zero-order valence-electron chi connectivity index (χ0n) is 25.1. The number of Topliss-reactive ketones (excluding diaryl/α,β-unsaturated/α-hetero) is 1. The van der Waals surface area contributed by atoms with Gasteiger partial charge in [0.25, 0.3) is 5.91 Å². The fourth-order valence-electron chi connectivity index (χ4n) is 4.95. The monoisotopic (exact) mass is 585 g/mol. The predicted molar refractivity (Wildman–Crippen MR) is 158 cm³/mol. The average Bonchev–Trinajstić information content (AvgIpc) is 2.94. The summed E-state index contributed by atoms with van der Waals surface area (Å²) in [5.74, 6) is -2.14. The Hall–Kier alpha value is -3.80. The molecular weight excluding hydrogens is 542 g/mol. The molecule has 1 heterocycles. The molecule has 2 amide bonds. The molecule has 11 nitrogen and oxygen atoms in total. The summed E-state index contributed by atoms with van der Waals surface area (Å²) >= 11 is 0. The SMILES string of the molecule is C=CCNC1=C2C[C@H](C)C[C@@H](OC)[C@@H](O)[C@@H](C)/C=C(/C)[C@H](OC(N)=O)[C@@H](OC)/C=C\C=C(\C)C(=O)NC(=CC1=O)C2=O. The molecule has 2 rings (SSSR count). The molecule has 0 spiro atoms. The predicted octanol–water partition coefficient (Wildman–Crippen LogP) is 2.54. The molecule has 2 aliphatic rings. The molecular formula is C31H43N3O8. The highest BCUT2D eigenvalue weighted by atomic mass is 16.6. The van der Waals surface area contributed by atoms with Crippen LogP contribution >= 0.6 is 0 Å². The number of ketones is 2. The molecule has 2 bridgehead atoms. The number of ether oxygens (including phenoxy) is 3. The third-order valence-electron chi connectivity index (χ3n) is 7.22. The van der Waals surface area contributed by atoms with E-state index in [1.165, 1.54) is 20.3 Å². The summed E-state index contributed by atoms with van der Waals surface area (Å²) in [5, 5.41) is 16.7. The number of hydrogen-bond acceptors (Lipinski definition) is 9. The van der Waals surface area contributed by atoms with E-state index in [1.807, 2.05) is 6.92 Å². The number of aliphatic hydroxyl groups excluding tert-OH is 1. The number of allylic oxidation sites excluding steroid dienone is 4. The van der Waals surface area contributed by atoms with Crippen LogP contribution < -0.4 is 16.4 Å². The molecule has 0 saturated heterocycles. The summed E-state index contributed by atoms with van der Waals surface area (Å²) in [7, 11) is 2.92. The van der Waals surface area contributed by atoms with Crippen LogP contribution in [0.1, 0.15) is 40.5 Å². The van der Waals surface area contributed by atoms with E-state index in [2.05, 4.69) is 17.2 Å². The van der Waals surface area contributed by atoms with Gasteiger partial charge in [-0.25, -0.2) is 4.79 Å². The number of hydrogen-bond donors (Lipinski definition) is 4. The Bertz CT molecular complexity index is 1210. The van der Waals surface area contributed by atoms with Crippen LogP contribution in [-0.4, -0.2) is 73.9 Å². The minimum absolute atomic E-state index is 0.132. The number of rotatable bonds is 6.